The van der Waals surface area contributed by atoms with Crippen LogP contribution in [0.15, 0.2) is 140 Å². The van der Waals surface area contributed by atoms with Crippen LogP contribution in [0.3, 0.4) is 0 Å². The fraction of sp³-hybridized carbons (Fsp3) is 0.306. The molecule has 6 rings (SSSR count). The van der Waals surface area contributed by atoms with Gasteiger partial charge >= 0.3 is 0 Å². The second-order valence-corrected chi connectivity index (χ2v) is 15.7. The van der Waals surface area contributed by atoms with Crippen molar-refractivity contribution in [2.24, 2.45) is 11.8 Å². The minimum absolute atomic E-state index is 0.00882. The summed E-state index contributed by atoms with van der Waals surface area (Å²) in [5, 5.41) is 37.5. The predicted molar refractivity (Wildman–Crippen MR) is 239 cm³/mol. The number of imidazole rings is 1. The molecule has 0 unspecified atom stereocenters. The van der Waals surface area contributed by atoms with Crippen LogP contribution in [0.2, 0.25) is 0 Å². The van der Waals surface area contributed by atoms with Crippen molar-refractivity contribution in [3.63, 3.8) is 0 Å². The molecule has 0 spiro atoms. The van der Waals surface area contributed by atoms with Gasteiger partial charge in [-0.2, -0.15) is 0 Å². The lowest BCUT2D eigenvalue weighted by molar-refractivity contribution is -0.138. The Hall–Kier alpha value is -6.90. The number of aliphatic hydroxyl groups excluding tert-OH is 2. The van der Waals surface area contributed by atoms with E-state index in [0.717, 1.165) is 16.3 Å². The van der Waals surface area contributed by atoms with Crippen molar-refractivity contribution in [3.8, 4) is 5.75 Å². The first-order valence-electron chi connectivity index (χ1n) is 21.2. The fourth-order valence-electron chi connectivity index (χ4n) is 7.40. The maximum absolute atomic E-state index is 14.4. The third-order valence-corrected chi connectivity index (χ3v) is 11.1. The summed E-state index contributed by atoms with van der Waals surface area (Å²) < 4.78 is 5.92. The second kappa shape index (κ2) is 22.8. The molecule has 0 bridgehead atoms. The highest BCUT2D eigenvalue weighted by atomic mass is 16.5. The first-order chi connectivity index (χ1) is 30.6. The normalized spacial score (nSPS) is 14.5. The maximum Gasteiger partial charge on any atom is 0.258 e. The van der Waals surface area contributed by atoms with E-state index in [1.807, 2.05) is 92.7 Å². The van der Waals surface area contributed by atoms with Crippen LogP contribution in [0.1, 0.15) is 42.8 Å². The molecule has 0 saturated carbocycles. The van der Waals surface area contributed by atoms with E-state index in [-0.39, 0.29) is 38.3 Å². The highest BCUT2D eigenvalue weighted by Gasteiger charge is 2.39. The Bertz CT molecular complexity index is 2360. The number of aliphatic hydroxyl groups is 2. The third-order valence-electron chi connectivity index (χ3n) is 11.1. The molecule has 0 aliphatic heterocycles. The van der Waals surface area contributed by atoms with Gasteiger partial charge in [0.15, 0.2) is 6.61 Å². The van der Waals surface area contributed by atoms with Crippen LogP contribution in [0.4, 0.5) is 0 Å². The zero-order valence-electron chi connectivity index (χ0n) is 35.4. The molecule has 6 aromatic rings. The largest absolute Gasteiger partial charge is 0.483 e. The molecule has 328 valence electrons. The number of benzene rings is 4. The van der Waals surface area contributed by atoms with E-state index in [9.17, 15) is 29.4 Å². The molecule has 14 nitrogen and oxygen atoms in total. The summed E-state index contributed by atoms with van der Waals surface area (Å²) in [6.07, 6.45) is 1.84. The highest BCUT2D eigenvalue weighted by Crippen LogP contribution is 2.25. The molecule has 14 heteroatoms. The summed E-state index contributed by atoms with van der Waals surface area (Å²) in [4.78, 5) is 67.2. The number of hydrogen-bond acceptors (Lipinski definition) is 9. The summed E-state index contributed by atoms with van der Waals surface area (Å²) >= 11 is 0. The predicted octanol–water partition coefficient (Wildman–Crippen LogP) is 4.22. The standard InChI is InChI=1S/C49H55N7O7/c1-3-32(2)44(49(62)52-29-36-21-12-13-24-51-36)56-47(60)39(25-33-15-6-4-7-16-33)45(58)46(59)40(26-34-17-8-5-9-18-34)55-48(61)41(27-37-28-50-31-53-37)54-43(57)30-63-42-23-14-20-35-19-10-11-22-38(35)42/h4-24,28,31-32,39-41,44-46,58-59H,3,25-27,29-30H2,1-2H3,(H,50,53)(H,52,62)(H,54,57)(H,55,61)(H,56,60)/t32-,39-,40-,41-,44-,45+,46+/m0/s1. The van der Waals surface area contributed by atoms with Gasteiger partial charge in [0.1, 0.15) is 23.9 Å². The average Bonchev–Trinajstić information content (AvgIpc) is 3.84. The molecule has 2 aromatic heterocycles. The summed E-state index contributed by atoms with van der Waals surface area (Å²) in [6.45, 7) is 3.52. The number of H-pyrrole nitrogens is 1. The van der Waals surface area contributed by atoms with E-state index in [4.69, 9.17) is 4.74 Å². The number of carbonyl (C=O) groups is 4. The summed E-state index contributed by atoms with van der Waals surface area (Å²) in [5.74, 6) is -3.33. The van der Waals surface area contributed by atoms with Crippen LogP contribution in [0.25, 0.3) is 10.8 Å². The molecule has 4 amide bonds. The molecule has 63 heavy (non-hydrogen) atoms. The van der Waals surface area contributed by atoms with Gasteiger partial charge in [0.05, 0.1) is 36.6 Å². The number of nitrogens with zero attached hydrogens (tertiary/aromatic N) is 2. The number of hydrogen-bond donors (Lipinski definition) is 7. The SMILES string of the molecule is CC[C@H](C)[C@H](NC(=O)[C@@H](Cc1ccccc1)[C@@H](O)[C@H](O)[C@H](Cc1ccccc1)NC(=O)[C@H](Cc1cnc[nH]1)NC(=O)COc1cccc2ccccc12)C(=O)NCc1ccccn1. The van der Waals surface area contributed by atoms with Crippen molar-refractivity contribution in [1.29, 1.82) is 0 Å². The summed E-state index contributed by atoms with van der Waals surface area (Å²) in [6, 6.07) is 33.4. The van der Waals surface area contributed by atoms with E-state index < -0.39 is 59.9 Å². The van der Waals surface area contributed by atoms with Crippen LogP contribution < -0.4 is 26.0 Å². The molecule has 0 aliphatic rings. The number of aromatic amines is 1. The quantitative estimate of drug-likeness (QED) is 0.0521. The molecule has 4 aromatic carbocycles. The minimum atomic E-state index is -1.73. The Balaban J connectivity index is 1.23. The van der Waals surface area contributed by atoms with Gasteiger partial charge in [0.2, 0.25) is 17.7 Å². The van der Waals surface area contributed by atoms with E-state index >= 15 is 0 Å². The van der Waals surface area contributed by atoms with E-state index in [0.29, 0.717) is 29.1 Å². The lowest BCUT2D eigenvalue weighted by atomic mass is 9.85. The first kappa shape index (κ1) is 45.6. The lowest BCUT2D eigenvalue weighted by Gasteiger charge is -2.34. The average molecular weight is 854 g/mol. The number of amides is 4. The number of aromatic nitrogens is 3. The van der Waals surface area contributed by atoms with Crippen molar-refractivity contribution in [2.45, 2.75) is 76.4 Å². The van der Waals surface area contributed by atoms with Crippen molar-refractivity contribution in [3.05, 3.63) is 163 Å². The van der Waals surface area contributed by atoms with Crippen LogP contribution in [0, 0.1) is 11.8 Å². The van der Waals surface area contributed by atoms with Gasteiger partial charge in [0.25, 0.3) is 5.91 Å². The topological polar surface area (TPSA) is 208 Å². The monoisotopic (exact) mass is 853 g/mol. The Morgan fingerprint density at radius 2 is 1.40 bits per heavy atom. The van der Waals surface area contributed by atoms with Crippen molar-refractivity contribution in [1.82, 2.24) is 36.2 Å². The molecular weight excluding hydrogens is 799 g/mol. The Morgan fingerprint density at radius 1 is 0.714 bits per heavy atom. The maximum atomic E-state index is 14.4. The number of rotatable bonds is 22. The molecule has 0 saturated heterocycles. The zero-order valence-corrected chi connectivity index (χ0v) is 35.4. The van der Waals surface area contributed by atoms with E-state index in [1.54, 1.807) is 48.7 Å². The summed E-state index contributed by atoms with van der Waals surface area (Å²) in [5.41, 5.74) is 2.65. The number of ether oxygens (including phenoxy) is 1. The zero-order chi connectivity index (χ0) is 44.6. The van der Waals surface area contributed by atoms with Crippen LogP contribution >= 0.6 is 0 Å². The fourth-order valence-corrected chi connectivity index (χ4v) is 7.40. The number of fused-ring (bicyclic) bond motifs is 1. The molecule has 0 aliphatic carbocycles. The Morgan fingerprint density at radius 3 is 2.08 bits per heavy atom. The van der Waals surface area contributed by atoms with Gasteiger partial charge in [0, 0.05) is 29.9 Å². The van der Waals surface area contributed by atoms with Gasteiger partial charge < -0.3 is 41.2 Å². The van der Waals surface area contributed by atoms with Crippen molar-refractivity contribution in [2.75, 3.05) is 6.61 Å². The Kier molecular flexibility index (Phi) is 16.5. The van der Waals surface area contributed by atoms with E-state index in [1.165, 1.54) is 12.5 Å². The number of nitrogens with one attached hydrogen (secondary N) is 5. The smallest absolute Gasteiger partial charge is 0.258 e. The van der Waals surface area contributed by atoms with Crippen LogP contribution in [-0.2, 0) is 45.0 Å². The molecule has 2 heterocycles. The van der Waals surface area contributed by atoms with Gasteiger partial charge in [-0.15, -0.1) is 0 Å². The lowest BCUT2D eigenvalue weighted by Crippen LogP contribution is -2.59. The first-order valence-corrected chi connectivity index (χ1v) is 21.2. The molecule has 7 N–H and O–H groups in total. The van der Waals surface area contributed by atoms with Gasteiger partial charge in [-0.3, -0.25) is 24.2 Å². The van der Waals surface area contributed by atoms with E-state index in [2.05, 4.69) is 36.2 Å². The Labute approximate surface area is 366 Å². The van der Waals surface area contributed by atoms with Gasteiger partial charge in [-0.1, -0.05) is 123 Å². The van der Waals surface area contributed by atoms with Crippen LogP contribution in [0.5, 0.6) is 5.75 Å². The number of pyridine rings is 1. The van der Waals surface area contributed by atoms with Crippen LogP contribution in [-0.4, -0.2) is 85.7 Å². The van der Waals surface area contributed by atoms with Gasteiger partial charge in [-0.25, -0.2) is 4.98 Å². The molecule has 0 fully saturated rings. The second-order valence-electron chi connectivity index (χ2n) is 15.7. The molecular formula is C49H55N7O7. The molecule has 7 atom stereocenters. The van der Waals surface area contributed by atoms with Crippen molar-refractivity contribution >= 4 is 34.4 Å². The summed E-state index contributed by atoms with van der Waals surface area (Å²) in [7, 11) is 0. The third kappa shape index (κ3) is 13.1. The number of carbonyl (C=O) groups excluding carboxylic acids is 4. The minimum Gasteiger partial charge on any atom is -0.483 e. The molecule has 0 radical (unpaired) electrons. The van der Waals surface area contributed by atoms with Crippen molar-refractivity contribution < 1.29 is 34.1 Å². The van der Waals surface area contributed by atoms with Gasteiger partial charge in [-0.05, 0) is 53.5 Å². The highest BCUT2D eigenvalue weighted by molar-refractivity contribution is 5.91.